The smallest absolute Gasteiger partial charge is 0.119 e. The Kier molecular flexibility index (Phi) is 5.36. The standard InChI is InChI=1S/C18H16BrClN2O/c19-16-3-1-14(2-4-16)15(11-22-10-9-21-13-22)12-23-18-7-5-17(20)6-8-18/h1-10,13,15H,11-12H2. The highest BCUT2D eigenvalue weighted by atomic mass is 79.9. The molecule has 0 amide bonds. The van der Waals surface area contributed by atoms with Crippen molar-refractivity contribution in [1.29, 1.82) is 0 Å². The van der Waals surface area contributed by atoms with Gasteiger partial charge in [0.05, 0.1) is 12.9 Å². The second-order valence-corrected chi connectivity index (χ2v) is 6.62. The predicted molar refractivity (Wildman–Crippen MR) is 96.1 cm³/mol. The summed E-state index contributed by atoms with van der Waals surface area (Å²) in [4.78, 5) is 4.11. The van der Waals surface area contributed by atoms with Gasteiger partial charge in [0.2, 0.25) is 0 Å². The Bertz CT molecular complexity index is 727. The van der Waals surface area contributed by atoms with Crippen LogP contribution in [-0.2, 0) is 6.54 Å². The van der Waals surface area contributed by atoms with Crippen LogP contribution in [0.2, 0.25) is 5.02 Å². The first-order valence-corrected chi connectivity index (χ1v) is 8.47. The summed E-state index contributed by atoms with van der Waals surface area (Å²) in [5, 5.41) is 0.709. The van der Waals surface area contributed by atoms with Gasteiger partial charge in [-0.25, -0.2) is 4.98 Å². The summed E-state index contributed by atoms with van der Waals surface area (Å²) in [6.45, 7) is 1.40. The second kappa shape index (κ2) is 7.66. The molecule has 0 aliphatic carbocycles. The third kappa shape index (κ3) is 4.60. The summed E-state index contributed by atoms with van der Waals surface area (Å²) < 4.78 is 9.09. The molecule has 0 saturated carbocycles. The predicted octanol–water partition coefficient (Wildman–Crippen LogP) is 5.16. The lowest BCUT2D eigenvalue weighted by Gasteiger charge is -2.19. The number of hydrogen-bond acceptors (Lipinski definition) is 2. The van der Waals surface area contributed by atoms with E-state index >= 15 is 0 Å². The summed E-state index contributed by atoms with van der Waals surface area (Å²) in [6, 6.07) is 15.8. The highest BCUT2D eigenvalue weighted by molar-refractivity contribution is 9.10. The first-order chi connectivity index (χ1) is 11.2. The number of imidazole rings is 1. The van der Waals surface area contributed by atoms with E-state index in [-0.39, 0.29) is 5.92 Å². The van der Waals surface area contributed by atoms with Crippen molar-refractivity contribution in [3.8, 4) is 5.75 Å². The molecule has 0 spiro atoms. The van der Waals surface area contributed by atoms with E-state index in [0.29, 0.717) is 11.6 Å². The number of hydrogen-bond donors (Lipinski definition) is 0. The SMILES string of the molecule is Clc1ccc(OCC(Cn2ccnc2)c2ccc(Br)cc2)cc1. The van der Waals surface area contributed by atoms with Crippen LogP contribution < -0.4 is 4.74 Å². The molecule has 1 aromatic heterocycles. The normalized spacial score (nSPS) is 12.1. The van der Waals surface area contributed by atoms with Gasteiger partial charge < -0.3 is 9.30 Å². The molecule has 0 fully saturated rings. The van der Waals surface area contributed by atoms with Gasteiger partial charge in [-0.1, -0.05) is 39.7 Å². The highest BCUT2D eigenvalue weighted by Gasteiger charge is 2.13. The maximum absolute atomic E-state index is 5.95. The Morgan fingerprint density at radius 1 is 1.09 bits per heavy atom. The molecule has 118 valence electrons. The van der Waals surface area contributed by atoms with Crippen LogP contribution in [0.1, 0.15) is 11.5 Å². The number of benzene rings is 2. The van der Waals surface area contributed by atoms with Crippen LogP contribution >= 0.6 is 27.5 Å². The Balaban J connectivity index is 1.74. The zero-order valence-corrected chi connectivity index (χ0v) is 14.7. The van der Waals surface area contributed by atoms with Crippen LogP contribution in [0.25, 0.3) is 0 Å². The molecule has 1 unspecified atom stereocenters. The molecule has 2 aromatic carbocycles. The molecule has 3 rings (SSSR count). The van der Waals surface area contributed by atoms with Crippen LogP contribution in [0.3, 0.4) is 0 Å². The monoisotopic (exact) mass is 390 g/mol. The highest BCUT2D eigenvalue weighted by Crippen LogP contribution is 2.23. The van der Waals surface area contributed by atoms with E-state index in [1.807, 2.05) is 36.8 Å². The molecule has 23 heavy (non-hydrogen) atoms. The number of halogens is 2. The van der Waals surface area contributed by atoms with Gasteiger partial charge in [0.1, 0.15) is 5.75 Å². The van der Waals surface area contributed by atoms with Gasteiger partial charge in [-0.2, -0.15) is 0 Å². The molecule has 0 radical (unpaired) electrons. The van der Waals surface area contributed by atoms with E-state index in [1.54, 1.807) is 6.20 Å². The molecule has 0 N–H and O–H groups in total. The van der Waals surface area contributed by atoms with Crippen molar-refractivity contribution in [1.82, 2.24) is 9.55 Å². The minimum Gasteiger partial charge on any atom is -0.493 e. The van der Waals surface area contributed by atoms with Crippen LogP contribution in [-0.4, -0.2) is 16.2 Å². The van der Waals surface area contributed by atoms with Crippen LogP contribution in [0.4, 0.5) is 0 Å². The van der Waals surface area contributed by atoms with E-state index in [9.17, 15) is 0 Å². The quantitative estimate of drug-likeness (QED) is 0.580. The lowest BCUT2D eigenvalue weighted by atomic mass is 10.00. The van der Waals surface area contributed by atoms with Crippen molar-refractivity contribution in [3.05, 3.63) is 82.3 Å². The molecule has 5 heteroatoms. The summed E-state index contributed by atoms with van der Waals surface area (Å²) in [5.74, 6) is 1.05. The van der Waals surface area contributed by atoms with E-state index in [4.69, 9.17) is 16.3 Å². The molecule has 0 aliphatic heterocycles. The van der Waals surface area contributed by atoms with Crippen LogP contribution in [0.5, 0.6) is 5.75 Å². The fourth-order valence-electron chi connectivity index (χ4n) is 2.37. The Morgan fingerprint density at radius 2 is 1.83 bits per heavy atom. The minimum absolute atomic E-state index is 0.230. The van der Waals surface area contributed by atoms with Crippen molar-refractivity contribution in [2.45, 2.75) is 12.5 Å². The number of rotatable bonds is 6. The minimum atomic E-state index is 0.230. The number of ether oxygens (including phenoxy) is 1. The average molecular weight is 392 g/mol. The fourth-order valence-corrected chi connectivity index (χ4v) is 2.76. The van der Waals surface area contributed by atoms with E-state index in [0.717, 1.165) is 16.8 Å². The van der Waals surface area contributed by atoms with Crippen LogP contribution in [0.15, 0.2) is 71.7 Å². The molecule has 0 bridgehead atoms. The lowest BCUT2D eigenvalue weighted by Crippen LogP contribution is -2.16. The van der Waals surface area contributed by atoms with Crippen molar-refractivity contribution < 1.29 is 4.74 Å². The first kappa shape index (κ1) is 16.1. The fraction of sp³-hybridized carbons (Fsp3) is 0.167. The van der Waals surface area contributed by atoms with E-state index in [2.05, 4.69) is 49.7 Å². The average Bonchev–Trinajstić information content (AvgIpc) is 3.07. The van der Waals surface area contributed by atoms with Gasteiger partial charge in [0.25, 0.3) is 0 Å². The molecule has 1 atom stereocenters. The molecular formula is C18H16BrClN2O. The molecule has 1 heterocycles. The largest absolute Gasteiger partial charge is 0.493 e. The van der Waals surface area contributed by atoms with Gasteiger partial charge >= 0.3 is 0 Å². The van der Waals surface area contributed by atoms with Gasteiger partial charge in [-0.15, -0.1) is 0 Å². The van der Waals surface area contributed by atoms with Crippen molar-refractivity contribution in [2.75, 3.05) is 6.61 Å². The lowest BCUT2D eigenvalue weighted by molar-refractivity contribution is 0.275. The molecular weight excluding hydrogens is 376 g/mol. The maximum atomic E-state index is 5.95. The zero-order valence-electron chi connectivity index (χ0n) is 12.4. The van der Waals surface area contributed by atoms with E-state index in [1.165, 1.54) is 5.56 Å². The van der Waals surface area contributed by atoms with Crippen molar-refractivity contribution >= 4 is 27.5 Å². The van der Waals surface area contributed by atoms with Gasteiger partial charge in [-0.05, 0) is 42.0 Å². The van der Waals surface area contributed by atoms with Gasteiger partial charge in [0.15, 0.2) is 0 Å². The van der Waals surface area contributed by atoms with Crippen LogP contribution in [0, 0.1) is 0 Å². The van der Waals surface area contributed by atoms with Gasteiger partial charge in [0, 0.05) is 34.4 Å². The maximum Gasteiger partial charge on any atom is 0.119 e. The first-order valence-electron chi connectivity index (χ1n) is 7.30. The third-order valence-electron chi connectivity index (χ3n) is 3.60. The van der Waals surface area contributed by atoms with Gasteiger partial charge in [-0.3, -0.25) is 0 Å². The topological polar surface area (TPSA) is 27.1 Å². The summed E-state index contributed by atoms with van der Waals surface area (Å²) in [6.07, 6.45) is 5.58. The Hall–Kier alpha value is -1.78. The Labute approximate surface area is 149 Å². The molecule has 3 nitrogen and oxygen atoms in total. The van der Waals surface area contributed by atoms with E-state index < -0.39 is 0 Å². The number of aromatic nitrogens is 2. The summed E-state index contributed by atoms with van der Waals surface area (Å²) >= 11 is 9.39. The third-order valence-corrected chi connectivity index (χ3v) is 4.38. The summed E-state index contributed by atoms with van der Waals surface area (Å²) in [5.41, 5.74) is 1.23. The second-order valence-electron chi connectivity index (χ2n) is 5.27. The van der Waals surface area contributed by atoms with Crippen molar-refractivity contribution in [2.24, 2.45) is 0 Å². The number of nitrogens with zero attached hydrogens (tertiary/aromatic N) is 2. The van der Waals surface area contributed by atoms with Crippen molar-refractivity contribution in [3.63, 3.8) is 0 Å². The molecule has 3 aromatic rings. The molecule has 0 saturated heterocycles. The zero-order chi connectivity index (χ0) is 16.1. The molecule has 0 aliphatic rings. The summed E-state index contributed by atoms with van der Waals surface area (Å²) in [7, 11) is 0. The Morgan fingerprint density at radius 3 is 2.48 bits per heavy atom.